The second-order valence-electron chi connectivity index (χ2n) is 4.82. The van der Waals surface area contributed by atoms with Crippen molar-refractivity contribution in [1.29, 1.82) is 0 Å². The average molecular weight is 265 g/mol. The minimum absolute atomic E-state index is 0.652. The zero-order chi connectivity index (χ0) is 12.8. The van der Waals surface area contributed by atoms with Gasteiger partial charge in [0.25, 0.3) is 0 Å². The molecule has 1 aromatic heterocycles. The van der Waals surface area contributed by atoms with Crippen LogP contribution >= 0.6 is 11.3 Å². The van der Waals surface area contributed by atoms with Crippen LogP contribution in [-0.2, 0) is 6.42 Å². The lowest BCUT2D eigenvalue weighted by molar-refractivity contribution is 0.361. The molecule has 1 aliphatic carbocycles. The molecule has 0 aliphatic heterocycles. The number of thiophene rings is 1. The van der Waals surface area contributed by atoms with Crippen molar-refractivity contribution >= 4 is 17.3 Å². The molecular weight excluding hydrogens is 242 g/mol. The van der Waals surface area contributed by atoms with Crippen molar-refractivity contribution in [2.45, 2.75) is 38.6 Å². The maximum atomic E-state index is 4.58. The first-order valence-electron chi connectivity index (χ1n) is 6.84. The summed E-state index contributed by atoms with van der Waals surface area (Å²) in [6.45, 7) is 3.97. The van der Waals surface area contributed by atoms with Crippen molar-refractivity contribution in [3.63, 3.8) is 0 Å². The van der Waals surface area contributed by atoms with Gasteiger partial charge in [-0.2, -0.15) is 0 Å². The molecule has 100 valence electrons. The molecule has 1 aliphatic rings. The molecule has 0 amide bonds. The van der Waals surface area contributed by atoms with E-state index in [1.807, 2.05) is 11.3 Å². The van der Waals surface area contributed by atoms with Gasteiger partial charge in [0.2, 0.25) is 0 Å². The van der Waals surface area contributed by atoms with E-state index >= 15 is 0 Å². The summed E-state index contributed by atoms with van der Waals surface area (Å²) in [5.74, 6) is 1.07. The van der Waals surface area contributed by atoms with E-state index < -0.39 is 0 Å². The molecule has 0 atom stereocenters. The molecule has 3 nitrogen and oxygen atoms in total. The number of aliphatic imine (C=N–C) groups is 1. The number of nitrogens with zero attached hydrogens (tertiary/aromatic N) is 2. The molecule has 1 aromatic rings. The van der Waals surface area contributed by atoms with Gasteiger partial charge in [0, 0.05) is 31.1 Å². The third kappa shape index (κ3) is 3.73. The molecular formula is C14H23N3S. The normalized spacial score (nSPS) is 16.4. The Hall–Kier alpha value is -1.03. The third-order valence-electron chi connectivity index (χ3n) is 3.38. The predicted octanol–water partition coefficient (Wildman–Crippen LogP) is 2.74. The van der Waals surface area contributed by atoms with Gasteiger partial charge in [0.15, 0.2) is 5.96 Å². The molecule has 1 fully saturated rings. The van der Waals surface area contributed by atoms with E-state index in [0.717, 1.165) is 25.5 Å². The van der Waals surface area contributed by atoms with Crippen LogP contribution in [-0.4, -0.2) is 37.0 Å². The van der Waals surface area contributed by atoms with Crippen LogP contribution in [0.2, 0.25) is 0 Å². The largest absolute Gasteiger partial charge is 0.354 e. The summed E-state index contributed by atoms with van der Waals surface area (Å²) < 4.78 is 0. The first-order chi connectivity index (χ1) is 8.79. The Morgan fingerprint density at radius 1 is 1.56 bits per heavy atom. The van der Waals surface area contributed by atoms with Crippen molar-refractivity contribution in [3.8, 4) is 0 Å². The summed E-state index contributed by atoms with van der Waals surface area (Å²) in [4.78, 5) is 8.28. The summed E-state index contributed by atoms with van der Waals surface area (Å²) in [5.41, 5.74) is 0. The van der Waals surface area contributed by atoms with E-state index in [9.17, 15) is 0 Å². The van der Waals surface area contributed by atoms with Crippen LogP contribution in [0.4, 0.5) is 0 Å². The Balaban J connectivity index is 1.82. The Morgan fingerprint density at radius 3 is 2.94 bits per heavy atom. The molecule has 1 heterocycles. The summed E-state index contributed by atoms with van der Waals surface area (Å²) in [6.07, 6.45) is 5.04. The van der Waals surface area contributed by atoms with Crippen LogP contribution in [0.5, 0.6) is 0 Å². The summed E-state index contributed by atoms with van der Waals surface area (Å²) >= 11 is 1.83. The minimum Gasteiger partial charge on any atom is -0.354 e. The number of guanidine groups is 1. The number of hydrogen-bond donors (Lipinski definition) is 1. The SMILES string of the molecule is CCN=C(NC1CCC1)N(C)CCc1cccs1. The Morgan fingerprint density at radius 2 is 2.39 bits per heavy atom. The molecule has 0 unspecified atom stereocenters. The molecule has 1 saturated carbocycles. The monoisotopic (exact) mass is 265 g/mol. The van der Waals surface area contributed by atoms with Crippen molar-refractivity contribution in [2.75, 3.05) is 20.1 Å². The fraction of sp³-hybridized carbons (Fsp3) is 0.643. The average Bonchev–Trinajstić information content (AvgIpc) is 2.82. The molecule has 18 heavy (non-hydrogen) atoms. The number of nitrogens with one attached hydrogen (secondary N) is 1. The third-order valence-corrected chi connectivity index (χ3v) is 4.32. The van der Waals surface area contributed by atoms with E-state index in [2.05, 4.69) is 46.7 Å². The van der Waals surface area contributed by atoms with Crippen molar-refractivity contribution in [3.05, 3.63) is 22.4 Å². The van der Waals surface area contributed by atoms with Gasteiger partial charge in [-0.1, -0.05) is 6.07 Å². The highest BCUT2D eigenvalue weighted by Crippen LogP contribution is 2.18. The summed E-state index contributed by atoms with van der Waals surface area (Å²) in [7, 11) is 2.13. The van der Waals surface area contributed by atoms with Crippen LogP contribution in [0.3, 0.4) is 0 Å². The van der Waals surface area contributed by atoms with Gasteiger partial charge in [-0.3, -0.25) is 4.99 Å². The lowest BCUT2D eigenvalue weighted by atomic mass is 9.93. The van der Waals surface area contributed by atoms with E-state index in [1.54, 1.807) is 0 Å². The lowest BCUT2D eigenvalue weighted by Crippen LogP contribution is -2.47. The fourth-order valence-corrected chi connectivity index (χ4v) is 2.70. The van der Waals surface area contributed by atoms with Gasteiger partial charge >= 0.3 is 0 Å². The molecule has 4 heteroatoms. The van der Waals surface area contributed by atoms with Crippen LogP contribution in [0.1, 0.15) is 31.1 Å². The molecule has 0 spiro atoms. The maximum Gasteiger partial charge on any atom is 0.193 e. The highest BCUT2D eigenvalue weighted by molar-refractivity contribution is 7.09. The Bertz CT molecular complexity index is 368. The van der Waals surface area contributed by atoms with E-state index in [4.69, 9.17) is 0 Å². The summed E-state index contributed by atoms with van der Waals surface area (Å²) in [5, 5.41) is 5.71. The predicted molar refractivity (Wildman–Crippen MR) is 79.4 cm³/mol. The number of rotatable bonds is 5. The van der Waals surface area contributed by atoms with Gasteiger partial charge in [-0.05, 0) is 44.1 Å². The van der Waals surface area contributed by atoms with E-state index in [0.29, 0.717) is 6.04 Å². The summed E-state index contributed by atoms with van der Waals surface area (Å²) in [6, 6.07) is 4.97. The zero-order valence-corrected chi connectivity index (χ0v) is 12.2. The fourth-order valence-electron chi connectivity index (χ4n) is 2.00. The smallest absolute Gasteiger partial charge is 0.193 e. The Kier molecular flexibility index (Phi) is 5.05. The quantitative estimate of drug-likeness (QED) is 0.655. The number of likely N-dealkylation sites (N-methyl/N-ethyl adjacent to an activating group) is 1. The van der Waals surface area contributed by atoms with Crippen LogP contribution in [0.25, 0.3) is 0 Å². The van der Waals surface area contributed by atoms with Crippen molar-refractivity contribution < 1.29 is 0 Å². The van der Waals surface area contributed by atoms with Crippen molar-refractivity contribution in [1.82, 2.24) is 10.2 Å². The second-order valence-corrected chi connectivity index (χ2v) is 5.85. The molecule has 0 saturated heterocycles. The molecule has 2 rings (SSSR count). The van der Waals surface area contributed by atoms with Gasteiger partial charge in [-0.25, -0.2) is 0 Å². The van der Waals surface area contributed by atoms with Gasteiger partial charge in [0.1, 0.15) is 0 Å². The van der Waals surface area contributed by atoms with Gasteiger partial charge in [-0.15, -0.1) is 11.3 Å². The molecule has 0 radical (unpaired) electrons. The maximum absolute atomic E-state index is 4.58. The van der Waals surface area contributed by atoms with Crippen LogP contribution in [0, 0.1) is 0 Å². The van der Waals surface area contributed by atoms with Crippen molar-refractivity contribution in [2.24, 2.45) is 4.99 Å². The van der Waals surface area contributed by atoms with Crippen LogP contribution in [0.15, 0.2) is 22.5 Å². The second kappa shape index (κ2) is 6.78. The topological polar surface area (TPSA) is 27.6 Å². The zero-order valence-electron chi connectivity index (χ0n) is 11.4. The lowest BCUT2D eigenvalue weighted by Gasteiger charge is -2.31. The van der Waals surface area contributed by atoms with Gasteiger partial charge < -0.3 is 10.2 Å². The minimum atomic E-state index is 0.652. The highest BCUT2D eigenvalue weighted by Gasteiger charge is 2.19. The van der Waals surface area contributed by atoms with Gasteiger partial charge in [0.05, 0.1) is 0 Å². The van der Waals surface area contributed by atoms with E-state index in [-0.39, 0.29) is 0 Å². The molecule has 0 aromatic carbocycles. The Labute approximate surface area is 114 Å². The first kappa shape index (κ1) is 13.4. The van der Waals surface area contributed by atoms with E-state index in [1.165, 1.54) is 24.1 Å². The number of hydrogen-bond acceptors (Lipinski definition) is 2. The van der Waals surface area contributed by atoms with Crippen LogP contribution < -0.4 is 5.32 Å². The first-order valence-corrected chi connectivity index (χ1v) is 7.72. The molecule has 0 bridgehead atoms. The highest BCUT2D eigenvalue weighted by atomic mass is 32.1. The molecule has 1 N–H and O–H groups in total. The standard InChI is InChI=1S/C14H23N3S/c1-3-15-14(16-12-6-4-7-12)17(2)10-9-13-8-5-11-18-13/h5,8,11-12H,3-4,6-7,9-10H2,1-2H3,(H,15,16).